The summed E-state index contributed by atoms with van der Waals surface area (Å²) in [6.45, 7) is 6.98. The van der Waals surface area contributed by atoms with E-state index in [1.807, 2.05) is 0 Å². The van der Waals surface area contributed by atoms with E-state index in [0.717, 1.165) is 34.1 Å². The lowest BCUT2D eigenvalue weighted by Gasteiger charge is -2.24. The first-order valence-corrected chi connectivity index (χ1v) is 8.86. The molecule has 25 heavy (non-hydrogen) atoms. The van der Waals surface area contributed by atoms with Crippen LogP contribution in [0.1, 0.15) is 31.3 Å². The average Bonchev–Trinajstić information content (AvgIpc) is 3.22. The van der Waals surface area contributed by atoms with Crippen LogP contribution in [-0.4, -0.2) is 38.7 Å². The first-order valence-electron chi connectivity index (χ1n) is 8.04. The SMILES string of the molecule is CC(C)(C)C1=NCC2=CCc3nc(NC(=O)n4ccnc4)sc3C2=N1. The molecule has 0 bridgehead atoms. The number of nitrogens with zero attached hydrogens (tertiary/aromatic N) is 5. The molecule has 0 saturated heterocycles. The Labute approximate surface area is 149 Å². The van der Waals surface area contributed by atoms with E-state index >= 15 is 0 Å². The highest BCUT2D eigenvalue weighted by atomic mass is 32.1. The second-order valence-electron chi connectivity index (χ2n) is 6.98. The molecule has 1 N–H and O–H groups in total. The van der Waals surface area contributed by atoms with Gasteiger partial charge in [0.1, 0.15) is 12.2 Å². The van der Waals surface area contributed by atoms with Crippen molar-refractivity contribution in [3.8, 4) is 0 Å². The summed E-state index contributed by atoms with van der Waals surface area (Å²) in [5.41, 5.74) is 2.93. The molecule has 0 saturated carbocycles. The summed E-state index contributed by atoms with van der Waals surface area (Å²) < 4.78 is 1.38. The first-order chi connectivity index (χ1) is 11.9. The van der Waals surface area contributed by atoms with Gasteiger partial charge in [0, 0.05) is 24.2 Å². The molecule has 0 unspecified atom stereocenters. The molecule has 2 aliphatic rings. The number of thiazole rings is 1. The third kappa shape index (κ3) is 2.93. The molecular weight excluding hydrogens is 336 g/mol. The summed E-state index contributed by atoms with van der Waals surface area (Å²) in [6.07, 6.45) is 7.49. The van der Waals surface area contributed by atoms with Crippen LogP contribution in [0, 0.1) is 5.41 Å². The van der Waals surface area contributed by atoms with Crippen molar-refractivity contribution in [2.75, 3.05) is 11.9 Å². The monoisotopic (exact) mass is 354 g/mol. The maximum atomic E-state index is 12.2. The highest BCUT2D eigenvalue weighted by Crippen LogP contribution is 2.33. The second kappa shape index (κ2) is 5.73. The van der Waals surface area contributed by atoms with Gasteiger partial charge >= 0.3 is 6.03 Å². The van der Waals surface area contributed by atoms with Crippen molar-refractivity contribution < 1.29 is 4.79 Å². The van der Waals surface area contributed by atoms with Crippen molar-refractivity contribution in [1.82, 2.24) is 14.5 Å². The van der Waals surface area contributed by atoms with Crippen molar-refractivity contribution in [1.29, 1.82) is 0 Å². The summed E-state index contributed by atoms with van der Waals surface area (Å²) in [5, 5.41) is 3.39. The Morgan fingerprint density at radius 2 is 2.20 bits per heavy atom. The molecule has 1 aliphatic carbocycles. The molecule has 0 spiro atoms. The third-order valence-electron chi connectivity index (χ3n) is 4.00. The average molecular weight is 354 g/mol. The maximum Gasteiger partial charge on any atom is 0.333 e. The Balaban J connectivity index is 1.65. The number of carbonyl (C=O) groups is 1. The number of aromatic nitrogens is 3. The van der Waals surface area contributed by atoms with Gasteiger partial charge in [-0.25, -0.2) is 19.8 Å². The number of hydrogen-bond donors (Lipinski definition) is 1. The van der Waals surface area contributed by atoms with Crippen molar-refractivity contribution in [3.63, 3.8) is 0 Å². The summed E-state index contributed by atoms with van der Waals surface area (Å²) in [7, 11) is 0. The van der Waals surface area contributed by atoms with Crippen LogP contribution >= 0.6 is 11.3 Å². The van der Waals surface area contributed by atoms with Crippen LogP contribution < -0.4 is 5.32 Å². The molecule has 0 atom stereocenters. The summed E-state index contributed by atoms with van der Waals surface area (Å²) >= 11 is 1.46. The lowest BCUT2D eigenvalue weighted by Crippen LogP contribution is -2.27. The minimum Gasteiger partial charge on any atom is -0.283 e. The van der Waals surface area contributed by atoms with Gasteiger partial charge in [-0.3, -0.25) is 14.9 Å². The van der Waals surface area contributed by atoms with Crippen LogP contribution in [0.25, 0.3) is 0 Å². The zero-order valence-electron chi connectivity index (χ0n) is 14.3. The number of aliphatic imine (C=N–C) groups is 2. The number of hydrogen-bond acceptors (Lipinski definition) is 6. The number of fused-ring (bicyclic) bond motifs is 3. The molecule has 1 aliphatic heterocycles. The van der Waals surface area contributed by atoms with Gasteiger partial charge in [0.2, 0.25) is 0 Å². The number of anilines is 1. The Hall–Kier alpha value is -2.61. The fraction of sp³-hybridized carbons (Fsp3) is 0.353. The number of amidine groups is 1. The van der Waals surface area contributed by atoms with Crippen molar-refractivity contribution in [2.45, 2.75) is 27.2 Å². The van der Waals surface area contributed by atoms with Gasteiger partial charge in [-0.05, 0) is 5.57 Å². The molecule has 7 nitrogen and oxygen atoms in total. The Morgan fingerprint density at radius 1 is 1.36 bits per heavy atom. The van der Waals surface area contributed by atoms with Crippen LogP contribution in [0.2, 0.25) is 0 Å². The molecule has 2 aromatic heterocycles. The number of amides is 1. The normalized spacial score (nSPS) is 16.4. The molecule has 0 aromatic carbocycles. The molecule has 3 heterocycles. The van der Waals surface area contributed by atoms with Gasteiger partial charge in [0.25, 0.3) is 0 Å². The minimum atomic E-state index is -0.278. The fourth-order valence-corrected chi connectivity index (χ4v) is 3.70. The third-order valence-corrected chi connectivity index (χ3v) is 5.02. The highest BCUT2D eigenvalue weighted by Gasteiger charge is 2.29. The first kappa shape index (κ1) is 15.9. The second-order valence-corrected chi connectivity index (χ2v) is 7.98. The summed E-state index contributed by atoms with van der Waals surface area (Å²) in [6, 6.07) is -0.278. The van der Waals surface area contributed by atoms with Crippen LogP contribution in [0.4, 0.5) is 9.93 Å². The van der Waals surface area contributed by atoms with E-state index in [-0.39, 0.29) is 11.4 Å². The molecule has 2 aromatic rings. The highest BCUT2D eigenvalue weighted by molar-refractivity contribution is 7.18. The topological polar surface area (TPSA) is 84.5 Å². The van der Waals surface area contributed by atoms with Gasteiger partial charge in [0.15, 0.2) is 5.13 Å². The standard InChI is InChI=1S/C17H18N6OS/c1-17(2,3)14-19-8-10-4-5-11-13(12(10)21-14)25-15(20-11)22-16(24)23-7-6-18-9-23/h4,6-7,9H,5,8H2,1-3H3,(H,20,22,24). The molecular formula is C17H18N6OS. The Morgan fingerprint density at radius 3 is 2.92 bits per heavy atom. The van der Waals surface area contributed by atoms with Crippen LogP contribution in [-0.2, 0) is 6.42 Å². The molecule has 0 fully saturated rings. The summed E-state index contributed by atoms with van der Waals surface area (Å²) in [5.74, 6) is 0.852. The van der Waals surface area contributed by atoms with E-state index in [1.165, 1.54) is 22.2 Å². The van der Waals surface area contributed by atoms with E-state index in [0.29, 0.717) is 11.7 Å². The zero-order chi connectivity index (χ0) is 17.6. The van der Waals surface area contributed by atoms with E-state index in [1.54, 1.807) is 12.4 Å². The molecule has 8 heteroatoms. The predicted molar refractivity (Wildman–Crippen MR) is 98.8 cm³/mol. The van der Waals surface area contributed by atoms with Gasteiger partial charge in [-0.1, -0.05) is 38.2 Å². The van der Waals surface area contributed by atoms with Gasteiger partial charge in [-0.15, -0.1) is 0 Å². The molecule has 4 rings (SSSR count). The molecule has 1 amide bonds. The van der Waals surface area contributed by atoms with Crippen molar-refractivity contribution in [2.24, 2.45) is 15.4 Å². The van der Waals surface area contributed by atoms with Crippen LogP contribution in [0.15, 0.2) is 40.4 Å². The Kier molecular flexibility index (Phi) is 3.64. The predicted octanol–water partition coefficient (Wildman–Crippen LogP) is 3.15. The fourth-order valence-electron chi connectivity index (χ4n) is 2.69. The van der Waals surface area contributed by atoms with Gasteiger partial charge in [-0.2, -0.15) is 0 Å². The van der Waals surface area contributed by atoms with E-state index in [2.05, 4.69) is 47.1 Å². The molecule has 128 valence electrons. The van der Waals surface area contributed by atoms with Crippen LogP contribution in [0.3, 0.4) is 0 Å². The van der Waals surface area contributed by atoms with Crippen molar-refractivity contribution >= 4 is 34.0 Å². The number of imidazole rings is 1. The largest absolute Gasteiger partial charge is 0.333 e. The van der Waals surface area contributed by atoms with Gasteiger partial charge < -0.3 is 0 Å². The smallest absolute Gasteiger partial charge is 0.283 e. The minimum absolute atomic E-state index is 0.0979. The zero-order valence-corrected chi connectivity index (χ0v) is 15.1. The lowest BCUT2D eigenvalue weighted by atomic mass is 9.92. The van der Waals surface area contributed by atoms with E-state index in [4.69, 9.17) is 4.99 Å². The maximum absolute atomic E-state index is 12.2. The number of nitrogens with one attached hydrogen (secondary N) is 1. The van der Waals surface area contributed by atoms with E-state index < -0.39 is 0 Å². The number of allylic oxidation sites excluding steroid dienone is 1. The number of rotatable bonds is 1. The van der Waals surface area contributed by atoms with Crippen molar-refractivity contribution in [3.05, 3.63) is 40.9 Å². The molecule has 0 radical (unpaired) electrons. The van der Waals surface area contributed by atoms with Gasteiger partial charge in [0.05, 0.1) is 22.8 Å². The summed E-state index contributed by atoms with van der Waals surface area (Å²) in [4.78, 5) is 31.1. The lowest BCUT2D eigenvalue weighted by molar-refractivity contribution is 0.253. The van der Waals surface area contributed by atoms with E-state index in [9.17, 15) is 4.79 Å². The Bertz CT molecular complexity index is 927. The number of carbonyl (C=O) groups excluding carboxylic acids is 1. The quantitative estimate of drug-likeness (QED) is 0.854. The van der Waals surface area contributed by atoms with Crippen LogP contribution in [0.5, 0.6) is 0 Å².